The highest BCUT2D eigenvalue weighted by Gasteiger charge is 2.31. The molecular formula is C18H20N4O. The summed E-state index contributed by atoms with van der Waals surface area (Å²) in [5.74, 6) is 1.20. The van der Waals surface area contributed by atoms with E-state index in [9.17, 15) is 5.11 Å². The molecule has 0 saturated carbocycles. The normalized spacial score (nSPS) is 20.2. The van der Waals surface area contributed by atoms with Crippen molar-refractivity contribution in [2.45, 2.75) is 38.3 Å². The van der Waals surface area contributed by atoms with Crippen LogP contribution in [0.4, 0.5) is 5.82 Å². The second kappa shape index (κ2) is 5.35. The number of aromatic nitrogens is 3. The first-order valence-electron chi connectivity index (χ1n) is 8.00. The fourth-order valence-corrected chi connectivity index (χ4v) is 3.24. The van der Waals surface area contributed by atoms with Gasteiger partial charge in [0.2, 0.25) is 0 Å². The Balaban J connectivity index is 1.77. The highest BCUT2D eigenvalue weighted by atomic mass is 16.3. The van der Waals surface area contributed by atoms with Crippen molar-refractivity contribution in [3.63, 3.8) is 0 Å². The van der Waals surface area contributed by atoms with Crippen molar-refractivity contribution in [1.82, 2.24) is 14.6 Å². The van der Waals surface area contributed by atoms with Gasteiger partial charge in [0.05, 0.1) is 18.3 Å². The second-order valence-corrected chi connectivity index (χ2v) is 6.41. The maximum absolute atomic E-state index is 10.5. The molecule has 2 N–H and O–H groups in total. The number of rotatable bonds is 3. The van der Waals surface area contributed by atoms with Crippen LogP contribution in [0.5, 0.6) is 0 Å². The van der Waals surface area contributed by atoms with Crippen LogP contribution in [0.15, 0.2) is 42.6 Å². The standard InChI is InChI=1S/C18H20N4O/c1-11(2)14-10-17(22-16(20-14)7-8-19-22)21-18-13-6-4-3-5-12(13)9-15(18)23/h3-8,10-11,15,18,21,23H,9H2,1-2H3/t15-,18+/m0/s1. The van der Waals surface area contributed by atoms with Crippen LogP contribution in [-0.4, -0.2) is 25.8 Å². The summed E-state index contributed by atoms with van der Waals surface area (Å²) < 4.78 is 1.79. The second-order valence-electron chi connectivity index (χ2n) is 6.41. The van der Waals surface area contributed by atoms with Crippen molar-refractivity contribution >= 4 is 11.5 Å². The lowest BCUT2D eigenvalue weighted by Gasteiger charge is -2.20. The predicted molar refractivity (Wildman–Crippen MR) is 89.6 cm³/mol. The summed E-state index contributed by atoms with van der Waals surface area (Å²) in [5.41, 5.74) is 4.19. The van der Waals surface area contributed by atoms with Gasteiger partial charge in [0.25, 0.3) is 0 Å². The largest absolute Gasteiger partial charge is 0.390 e. The van der Waals surface area contributed by atoms with E-state index in [1.807, 2.05) is 24.3 Å². The quantitative estimate of drug-likeness (QED) is 0.781. The molecule has 0 radical (unpaired) electrons. The Morgan fingerprint density at radius 3 is 2.91 bits per heavy atom. The zero-order valence-electron chi connectivity index (χ0n) is 13.3. The molecule has 23 heavy (non-hydrogen) atoms. The molecule has 0 aliphatic heterocycles. The number of nitrogens with one attached hydrogen (secondary N) is 1. The fourth-order valence-electron chi connectivity index (χ4n) is 3.24. The molecule has 1 aliphatic carbocycles. The summed E-state index contributed by atoms with van der Waals surface area (Å²) in [4.78, 5) is 4.63. The van der Waals surface area contributed by atoms with Gasteiger partial charge in [-0.25, -0.2) is 4.98 Å². The summed E-state index contributed by atoms with van der Waals surface area (Å²) in [7, 11) is 0. The van der Waals surface area contributed by atoms with E-state index in [-0.39, 0.29) is 6.04 Å². The number of nitrogens with zero attached hydrogens (tertiary/aromatic N) is 3. The van der Waals surface area contributed by atoms with Crippen molar-refractivity contribution in [2.24, 2.45) is 0 Å². The molecule has 2 heterocycles. The Labute approximate surface area is 135 Å². The number of aliphatic hydroxyl groups is 1. The number of anilines is 1. The van der Waals surface area contributed by atoms with Crippen LogP contribution in [0.2, 0.25) is 0 Å². The summed E-state index contributed by atoms with van der Waals surface area (Å²) in [6.45, 7) is 4.25. The topological polar surface area (TPSA) is 62.5 Å². The van der Waals surface area contributed by atoms with Crippen molar-refractivity contribution < 1.29 is 5.11 Å². The van der Waals surface area contributed by atoms with Gasteiger partial charge in [-0.1, -0.05) is 38.1 Å². The van der Waals surface area contributed by atoms with Crippen LogP contribution in [0, 0.1) is 0 Å². The van der Waals surface area contributed by atoms with Gasteiger partial charge in [-0.15, -0.1) is 0 Å². The number of hydrogen-bond donors (Lipinski definition) is 2. The summed E-state index contributed by atoms with van der Waals surface area (Å²) >= 11 is 0. The molecular weight excluding hydrogens is 288 g/mol. The minimum Gasteiger partial charge on any atom is -0.390 e. The van der Waals surface area contributed by atoms with Gasteiger partial charge < -0.3 is 10.4 Å². The van der Waals surface area contributed by atoms with Crippen LogP contribution in [-0.2, 0) is 6.42 Å². The molecule has 5 nitrogen and oxygen atoms in total. The molecule has 2 aromatic heterocycles. The minimum absolute atomic E-state index is 0.124. The van der Waals surface area contributed by atoms with Crippen molar-refractivity contribution in [1.29, 1.82) is 0 Å². The summed E-state index contributed by atoms with van der Waals surface area (Å²) in [6, 6.07) is 12.0. The van der Waals surface area contributed by atoms with E-state index in [2.05, 4.69) is 41.4 Å². The Kier molecular flexibility index (Phi) is 3.31. The first-order chi connectivity index (χ1) is 11.1. The minimum atomic E-state index is -0.436. The zero-order valence-corrected chi connectivity index (χ0v) is 13.3. The molecule has 0 fully saturated rings. The third-order valence-electron chi connectivity index (χ3n) is 4.48. The lowest BCUT2D eigenvalue weighted by molar-refractivity contribution is 0.165. The van der Waals surface area contributed by atoms with E-state index in [1.165, 1.54) is 5.56 Å². The molecule has 0 unspecified atom stereocenters. The lowest BCUT2D eigenvalue weighted by Crippen LogP contribution is -2.22. The Bertz CT molecular complexity index is 855. The average molecular weight is 308 g/mol. The van der Waals surface area contributed by atoms with Crippen LogP contribution in [0.1, 0.15) is 42.6 Å². The van der Waals surface area contributed by atoms with Crippen LogP contribution in [0.25, 0.3) is 5.65 Å². The monoisotopic (exact) mass is 308 g/mol. The van der Waals surface area contributed by atoms with E-state index in [0.29, 0.717) is 12.3 Å². The SMILES string of the molecule is CC(C)c1cc(N[C@@H]2c3ccccc3C[C@@H]2O)n2nccc2n1. The molecule has 0 saturated heterocycles. The molecule has 5 heteroatoms. The molecule has 0 bridgehead atoms. The summed E-state index contributed by atoms with van der Waals surface area (Å²) in [5, 5.41) is 18.3. The Morgan fingerprint density at radius 1 is 1.26 bits per heavy atom. The molecule has 1 aromatic carbocycles. The molecule has 0 amide bonds. The van der Waals surface area contributed by atoms with Gasteiger partial charge in [-0.2, -0.15) is 9.61 Å². The van der Waals surface area contributed by atoms with Crippen LogP contribution < -0.4 is 5.32 Å². The van der Waals surface area contributed by atoms with Crippen molar-refractivity contribution in [3.05, 3.63) is 59.4 Å². The van der Waals surface area contributed by atoms with Gasteiger partial charge in [0.15, 0.2) is 5.65 Å². The van der Waals surface area contributed by atoms with Crippen LogP contribution in [0.3, 0.4) is 0 Å². The smallest absolute Gasteiger partial charge is 0.157 e. The van der Waals surface area contributed by atoms with Gasteiger partial charge in [0.1, 0.15) is 5.82 Å². The maximum Gasteiger partial charge on any atom is 0.157 e. The first-order valence-corrected chi connectivity index (χ1v) is 8.00. The fraction of sp³-hybridized carbons (Fsp3) is 0.333. The van der Waals surface area contributed by atoms with E-state index >= 15 is 0 Å². The van der Waals surface area contributed by atoms with E-state index in [4.69, 9.17) is 0 Å². The molecule has 0 spiro atoms. The number of hydrogen-bond acceptors (Lipinski definition) is 4. The number of benzene rings is 1. The third-order valence-corrected chi connectivity index (χ3v) is 4.48. The van der Waals surface area contributed by atoms with Crippen molar-refractivity contribution in [2.75, 3.05) is 5.32 Å². The first kappa shape index (κ1) is 14.2. The number of aliphatic hydroxyl groups excluding tert-OH is 1. The molecule has 4 rings (SSSR count). The Hall–Kier alpha value is -2.40. The number of fused-ring (bicyclic) bond motifs is 2. The highest BCUT2D eigenvalue weighted by molar-refractivity contribution is 5.52. The van der Waals surface area contributed by atoms with Crippen LogP contribution >= 0.6 is 0 Å². The summed E-state index contributed by atoms with van der Waals surface area (Å²) in [6.07, 6.45) is 1.99. The van der Waals surface area contributed by atoms with E-state index in [1.54, 1.807) is 10.7 Å². The van der Waals surface area contributed by atoms with Gasteiger partial charge in [-0.3, -0.25) is 0 Å². The third kappa shape index (κ3) is 2.37. The predicted octanol–water partition coefficient (Wildman–Crippen LogP) is 2.92. The lowest BCUT2D eigenvalue weighted by atomic mass is 10.1. The Morgan fingerprint density at radius 2 is 2.09 bits per heavy atom. The highest BCUT2D eigenvalue weighted by Crippen LogP contribution is 2.34. The molecule has 2 atom stereocenters. The van der Waals surface area contributed by atoms with Gasteiger partial charge >= 0.3 is 0 Å². The van der Waals surface area contributed by atoms with Crippen molar-refractivity contribution in [3.8, 4) is 0 Å². The average Bonchev–Trinajstić information content (AvgIpc) is 3.12. The zero-order chi connectivity index (χ0) is 16.0. The molecule has 3 aromatic rings. The maximum atomic E-state index is 10.5. The van der Waals surface area contributed by atoms with E-state index < -0.39 is 6.10 Å². The molecule has 118 valence electrons. The van der Waals surface area contributed by atoms with E-state index in [0.717, 1.165) is 22.7 Å². The molecule has 1 aliphatic rings. The van der Waals surface area contributed by atoms with Gasteiger partial charge in [-0.05, 0) is 17.0 Å². The van der Waals surface area contributed by atoms with Gasteiger partial charge in [0, 0.05) is 24.2 Å².